The molecule has 0 saturated carbocycles. The lowest BCUT2D eigenvalue weighted by atomic mass is 9.79. The van der Waals surface area contributed by atoms with Crippen LogP contribution in [0.2, 0.25) is 0 Å². The van der Waals surface area contributed by atoms with Crippen LogP contribution in [-0.4, -0.2) is 38.5 Å². The summed E-state index contributed by atoms with van der Waals surface area (Å²) >= 11 is 0. The molecule has 19 heavy (non-hydrogen) atoms. The van der Waals surface area contributed by atoms with Crippen molar-refractivity contribution >= 4 is 0 Å². The maximum atomic E-state index is 6.18. The predicted octanol–water partition coefficient (Wildman–Crippen LogP) is 3.62. The number of hydrogen-bond acceptors (Lipinski definition) is 3. The molecule has 0 saturated heterocycles. The highest BCUT2D eigenvalue weighted by Gasteiger charge is 2.39. The molecule has 116 valence electrons. The van der Waals surface area contributed by atoms with E-state index in [0.29, 0.717) is 12.0 Å². The van der Waals surface area contributed by atoms with Gasteiger partial charge >= 0.3 is 0 Å². The zero-order valence-corrected chi connectivity index (χ0v) is 13.9. The minimum Gasteiger partial charge on any atom is -0.385 e. The summed E-state index contributed by atoms with van der Waals surface area (Å²) in [6.07, 6.45) is 4.34. The minimum atomic E-state index is -0.0446. The van der Waals surface area contributed by atoms with Gasteiger partial charge in [0.15, 0.2) is 0 Å². The Labute approximate surface area is 120 Å². The first-order valence-electron chi connectivity index (χ1n) is 7.98. The Kier molecular flexibility index (Phi) is 10.6. The fourth-order valence-corrected chi connectivity index (χ4v) is 2.95. The largest absolute Gasteiger partial charge is 0.385 e. The summed E-state index contributed by atoms with van der Waals surface area (Å²) in [5.74, 6) is 0.554. The summed E-state index contributed by atoms with van der Waals surface area (Å²) in [5, 5.41) is 3.73. The van der Waals surface area contributed by atoms with Crippen LogP contribution in [-0.2, 0) is 9.47 Å². The Morgan fingerprint density at radius 2 is 1.74 bits per heavy atom. The lowest BCUT2D eigenvalue weighted by molar-refractivity contribution is -0.0857. The van der Waals surface area contributed by atoms with Crippen LogP contribution in [0.25, 0.3) is 0 Å². The van der Waals surface area contributed by atoms with Crippen molar-refractivity contribution in [3.63, 3.8) is 0 Å². The van der Waals surface area contributed by atoms with Gasteiger partial charge in [-0.2, -0.15) is 0 Å². The van der Waals surface area contributed by atoms with Gasteiger partial charge < -0.3 is 14.8 Å². The van der Waals surface area contributed by atoms with Crippen molar-refractivity contribution < 1.29 is 9.47 Å². The van der Waals surface area contributed by atoms with E-state index in [2.05, 4.69) is 39.9 Å². The van der Waals surface area contributed by atoms with E-state index in [1.54, 1.807) is 7.11 Å². The quantitative estimate of drug-likeness (QED) is 0.589. The van der Waals surface area contributed by atoms with E-state index in [1.807, 2.05) is 0 Å². The van der Waals surface area contributed by atoms with Gasteiger partial charge in [-0.05, 0) is 45.1 Å². The van der Waals surface area contributed by atoms with Gasteiger partial charge in [0, 0.05) is 26.4 Å². The zero-order valence-electron chi connectivity index (χ0n) is 13.9. The van der Waals surface area contributed by atoms with Crippen LogP contribution in [0.5, 0.6) is 0 Å². The van der Waals surface area contributed by atoms with Crippen molar-refractivity contribution in [2.24, 2.45) is 5.92 Å². The highest BCUT2D eigenvalue weighted by molar-refractivity contribution is 4.94. The average molecular weight is 273 g/mol. The summed E-state index contributed by atoms with van der Waals surface area (Å²) in [5.41, 5.74) is -0.0446. The second-order valence-corrected chi connectivity index (χ2v) is 5.40. The van der Waals surface area contributed by atoms with E-state index in [0.717, 1.165) is 45.4 Å². The molecule has 0 amide bonds. The van der Waals surface area contributed by atoms with Crippen LogP contribution in [0.3, 0.4) is 0 Å². The maximum Gasteiger partial charge on any atom is 0.0831 e. The highest BCUT2D eigenvalue weighted by atomic mass is 16.5. The molecule has 0 spiro atoms. The number of methoxy groups -OCH3 is 1. The van der Waals surface area contributed by atoms with E-state index < -0.39 is 0 Å². The highest BCUT2D eigenvalue weighted by Crippen LogP contribution is 2.30. The molecule has 3 nitrogen and oxygen atoms in total. The number of ether oxygens (including phenoxy) is 2. The summed E-state index contributed by atoms with van der Waals surface area (Å²) in [6, 6.07) is 0.401. The van der Waals surface area contributed by atoms with Crippen molar-refractivity contribution in [1.82, 2.24) is 5.32 Å². The molecule has 2 unspecified atom stereocenters. The van der Waals surface area contributed by atoms with Gasteiger partial charge in [-0.15, -0.1) is 0 Å². The summed E-state index contributed by atoms with van der Waals surface area (Å²) in [7, 11) is 1.77. The molecule has 2 atom stereocenters. The van der Waals surface area contributed by atoms with Gasteiger partial charge in [-0.3, -0.25) is 0 Å². The molecule has 0 bridgehead atoms. The molecule has 1 N–H and O–H groups in total. The third-order valence-electron chi connectivity index (χ3n) is 4.16. The average Bonchev–Trinajstić information content (AvgIpc) is 2.44. The fraction of sp³-hybridized carbons (Fsp3) is 1.00. The van der Waals surface area contributed by atoms with E-state index in [9.17, 15) is 0 Å². The van der Waals surface area contributed by atoms with Gasteiger partial charge in [-0.25, -0.2) is 0 Å². The SMILES string of the molecule is CCCNC(C(C)CCOC)C(CC)(CC)OCC. The molecule has 3 heteroatoms. The van der Waals surface area contributed by atoms with Gasteiger partial charge in [0.2, 0.25) is 0 Å². The third kappa shape index (κ3) is 5.80. The van der Waals surface area contributed by atoms with Crippen LogP contribution < -0.4 is 5.32 Å². The molecular formula is C16H35NO2. The third-order valence-corrected chi connectivity index (χ3v) is 4.16. The molecule has 0 radical (unpaired) electrons. The Balaban J connectivity index is 4.92. The topological polar surface area (TPSA) is 30.5 Å². The van der Waals surface area contributed by atoms with Crippen molar-refractivity contribution in [3.05, 3.63) is 0 Å². The molecule has 0 aromatic heterocycles. The van der Waals surface area contributed by atoms with Crippen LogP contribution in [0, 0.1) is 5.92 Å². The molecule has 0 fully saturated rings. The summed E-state index contributed by atoms with van der Waals surface area (Å²) in [4.78, 5) is 0. The summed E-state index contributed by atoms with van der Waals surface area (Å²) < 4.78 is 11.4. The van der Waals surface area contributed by atoms with Crippen LogP contribution in [0.1, 0.15) is 60.3 Å². The lowest BCUT2D eigenvalue weighted by Gasteiger charge is -2.43. The van der Waals surface area contributed by atoms with Crippen molar-refractivity contribution in [1.29, 1.82) is 0 Å². The second kappa shape index (κ2) is 10.6. The lowest BCUT2D eigenvalue weighted by Crippen LogP contribution is -2.55. The Morgan fingerprint density at radius 3 is 2.16 bits per heavy atom. The second-order valence-electron chi connectivity index (χ2n) is 5.40. The molecule has 0 rings (SSSR count). The Morgan fingerprint density at radius 1 is 1.11 bits per heavy atom. The minimum absolute atomic E-state index is 0.0446. The molecular weight excluding hydrogens is 238 g/mol. The first kappa shape index (κ1) is 18.9. The normalized spacial score (nSPS) is 15.5. The van der Waals surface area contributed by atoms with Crippen molar-refractivity contribution in [2.75, 3.05) is 26.9 Å². The monoisotopic (exact) mass is 273 g/mol. The Hall–Kier alpha value is -0.120. The Bertz CT molecular complexity index is 205. The number of hydrogen-bond donors (Lipinski definition) is 1. The number of nitrogens with one attached hydrogen (secondary N) is 1. The van der Waals surface area contributed by atoms with E-state index in [1.165, 1.54) is 0 Å². The molecule has 0 aromatic carbocycles. The van der Waals surface area contributed by atoms with Gasteiger partial charge in [0.05, 0.1) is 5.60 Å². The fourth-order valence-electron chi connectivity index (χ4n) is 2.95. The predicted molar refractivity (Wildman–Crippen MR) is 82.7 cm³/mol. The molecule has 0 heterocycles. The van der Waals surface area contributed by atoms with E-state index >= 15 is 0 Å². The number of rotatable bonds is 12. The van der Waals surface area contributed by atoms with Crippen LogP contribution in [0.15, 0.2) is 0 Å². The van der Waals surface area contributed by atoms with Gasteiger partial charge in [0.25, 0.3) is 0 Å². The van der Waals surface area contributed by atoms with E-state index in [4.69, 9.17) is 9.47 Å². The smallest absolute Gasteiger partial charge is 0.0831 e. The molecule has 0 aliphatic heterocycles. The standard InChI is InChI=1S/C16H35NO2/c1-7-12-17-15(14(5)11-13-18-6)16(8-2,9-3)19-10-4/h14-15,17H,7-13H2,1-6H3. The van der Waals surface area contributed by atoms with Crippen LogP contribution in [0.4, 0.5) is 0 Å². The van der Waals surface area contributed by atoms with Gasteiger partial charge in [0.1, 0.15) is 0 Å². The maximum absolute atomic E-state index is 6.18. The van der Waals surface area contributed by atoms with Crippen molar-refractivity contribution in [2.45, 2.75) is 71.9 Å². The van der Waals surface area contributed by atoms with E-state index in [-0.39, 0.29) is 5.60 Å². The first-order valence-corrected chi connectivity index (χ1v) is 7.98. The first-order chi connectivity index (χ1) is 9.11. The molecule has 0 aromatic rings. The van der Waals surface area contributed by atoms with Crippen molar-refractivity contribution in [3.8, 4) is 0 Å². The molecule has 0 aliphatic carbocycles. The summed E-state index contributed by atoms with van der Waals surface area (Å²) in [6.45, 7) is 13.7. The van der Waals surface area contributed by atoms with Gasteiger partial charge in [-0.1, -0.05) is 27.7 Å². The zero-order chi connectivity index (χ0) is 14.7. The molecule has 0 aliphatic rings. The van der Waals surface area contributed by atoms with Crippen LogP contribution >= 0.6 is 0 Å².